The average Bonchev–Trinajstić information content (AvgIpc) is 3.26. The summed E-state index contributed by atoms with van der Waals surface area (Å²) in [5, 5.41) is 25.9. The second kappa shape index (κ2) is 8.88. The lowest BCUT2D eigenvalue weighted by atomic mass is 10.0. The highest BCUT2D eigenvalue weighted by molar-refractivity contribution is 5.92. The third-order valence-corrected chi connectivity index (χ3v) is 4.76. The third kappa shape index (κ3) is 4.84. The second-order valence-electron chi connectivity index (χ2n) is 7.11. The fraction of sp³-hybridized carbons (Fsp3) is 0.227. The van der Waals surface area contributed by atoms with Gasteiger partial charge in [0.25, 0.3) is 5.88 Å². The number of carboxylic acids is 1. The number of methoxy groups -OCH3 is 1. The molecule has 3 rings (SSSR count). The Bertz CT molecular complexity index is 1050. The van der Waals surface area contributed by atoms with Crippen molar-refractivity contribution in [3.8, 4) is 17.0 Å². The highest BCUT2D eigenvalue weighted by atomic mass is 16.5. The summed E-state index contributed by atoms with van der Waals surface area (Å²) in [5.41, 5.74) is 0.342. The minimum atomic E-state index is -2.12. The first-order valence-electron chi connectivity index (χ1n) is 9.40. The number of anilines is 1. The molecule has 3 aromatic rings. The molecule has 31 heavy (non-hydrogen) atoms. The molecule has 0 bridgehead atoms. The number of amides is 1. The molecule has 1 heterocycles. The number of benzene rings is 2. The first kappa shape index (κ1) is 21.8. The molecular formula is C22H23N3O6. The molecule has 0 saturated heterocycles. The molecule has 0 aliphatic heterocycles. The Labute approximate surface area is 179 Å². The zero-order valence-electron chi connectivity index (χ0n) is 17.3. The quantitative estimate of drug-likeness (QED) is 0.529. The Morgan fingerprint density at radius 2 is 1.71 bits per heavy atom. The Hall–Kier alpha value is -3.85. The van der Waals surface area contributed by atoms with Crippen LogP contribution in [-0.4, -0.2) is 58.6 Å². The number of aromatic nitrogens is 1. The Kier molecular flexibility index (Phi) is 6.26. The molecule has 9 heteroatoms. The number of nitrogens with zero attached hydrogens (tertiary/aromatic N) is 3. The largest absolute Gasteiger partial charge is 0.479 e. The van der Waals surface area contributed by atoms with Gasteiger partial charge in [0.05, 0.1) is 25.4 Å². The van der Waals surface area contributed by atoms with Crippen LogP contribution in [0.15, 0.2) is 65.2 Å². The predicted octanol–water partition coefficient (Wildman–Crippen LogP) is 2.68. The molecular weight excluding hydrogens is 402 g/mol. The molecule has 0 aliphatic rings. The van der Waals surface area contributed by atoms with E-state index in [4.69, 9.17) is 9.26 Å². The molecule has 1 aromatic heterocycles. The molecule has 0 spiro atoms. The van der Waals surface area contributed by atoms with Crippen molar-refractivity contribution in [2.24, 2.45) is 0 Å². The van der Waals surface area contributed by atoms with E-state index >= 15 is 0 Å². The molecule has 1 atom stereocenters. The lowest BCUT2D eigenvalue weighted by molar-refractivity contribution is -0.155. The predicted molar refractivity (Wildman–Crippen MR) is 113 cm³/mol. The van der Waals surface area contributed by atoms with E-state index in [0.717, 1.165) is 23.1 Å². The van der Waals surface area contributed by atoms with E-state index in [2.05, 4.69) is 5.16 Å². The maximum atomic E-state index is 12.9. The van der Waals surface area contributed by atoms with Gasteiger partial charge in [-0.1, -0.05) is 42.5 Å². The molecule has 0 aliphatic carbocycles. The van der Waals surface area contributed by atoms with Crippen molar-refractivity contribution in [3.63, 3.8) is 0 Å². The molecule has 162 valence electrons. The Morgan fingerprint density at radius 1 is 1.10 bits per heavy atom. The molecule has 1 unspecified atom stereocenters. The van der Waals surface area contributed by atoms with Crippen LogP contribution in [0.4, 0.5) is 5.69 Å². The van der Waals surface area contributed by atoms with E-state index in [9.17, 15) is 19.8 Å². The van der Waals surface area contributed by atoms with E-state index in [1.807, 2.05) is 42.5 Å². The number of hydrogen-bond acceptors (Lipinski definition) is 7. The highest BCUT2D eigenvalue weighted by Crippen LogP contribution is 2.26. The van der Waals surface area contributed by atoms with Gasteiger partial charge in [0.1, 0.15) is 0 Å². The maximum Gasteiger partial charge on any atom is 0.337 e. The summed E-state index contributed by atoms with van der Waals surface area (Å²) in [5.74, 6) is -1.97. The van der Waals surface area contributed by atoms with Gasteiger partial charge in [-0.3, -0.25) is 9.80 Å². The lowest BCUT2D eigenvalue weighted by Crippen LogP contribution is -2.54. The van der Waals surface area contributed by atoms with Gasteiger partial charge in [-0.25, -0.2) is 9.80 Å². The molecule has 0 fully saturated rings. The third-order valence-electron chi connectivity index (χ3n) is 4.76. The zero-order valence-corrected chi connectivity index (χ0v) is 17.3. The van der Waals surface area contributed by atoms with Crippen molar-refractivity contribution in [2.45, 2.75) is 12.5 Å². The standard InChI is InChI=1S/C22H23N3O6/c1-22(29,21(27)28)14-25(24(2)20(26)18-13-19(30-3)23-31-18)17-11-9-16(10-12-17)15-7-5-4-6-8-15/h4-13,29H,14H2,1-3H3,(H,27,28). The van der Waals surface area contributed by atoms with Crippen molar-refractivity contribution in [3.05, 3.63) is 66.4 Å². The van der Waals surface area contributed by atoms with Gasteiger partial charge < -0.3 is 19.5 Å². The van der Waals surface area contributed by atoms with Gasteiger partial charge in [-0.05, 0) is 35.3 Å². The van der Waals surface area contributed by atoms with E-state index < -0.39 is 17.5 Å². The second-order valence-corrected chi connectivity index (χ2v) is 7.11. The highest BCUT2D eigenvalue weighted by Gasteiger charge is 2.36. The normalized spacial score (nSPS) is 12.6. The van der Waals surface area contributed by atoms with Gasteiger partial charge in [-0.15, -0.1) is 0 Å². The van der Waals surface area contributed by atoms with Gasteiger partial charge in [0, 0.05) is 7.05 Å². The summed E-state index contributed by atoms with van der Waals surface area (Å²) < 4.78 is 9.94. The van der Waals surface area contributed by atoms with Gasteiger partial charge >= 0.3 is 11.9 Å². The molecule has 0 radical (unpaired) electrons. The van der Waals surface area contributed by atoms with Crippen LogP contribution >= 0.6 is 0 Å². The van der Waals surface area contributed by atoms with E-state index in [1.165, 1.54) is 25.2 Å². The number of aliphatic hydroxyl groups is 1. The maximum absolute atomic E-state index is 12.9. The summed E-state index contributed by atoms with van der Waals surface area (Å²) in [7, 11) is 2.83. The molecule has 1 amide bonds. The number of carboxylic acid groups (broad SMARTS) is 1. The topological polar surface area (TPSA) is 116 Å². The summed E-state index contributed by atoms with van der Waals surface area (Å²) in [6.07, 6.45) is 0. The number of ether oxygens (including phenoxy) is 1. The number of carbonyl (C=O) groups is 2. The zero-order chi connectivity index (χ0) is 22.6. The van der Waals surface area contributed by atoms with E-state index in [1.54, 1.807) is 12.1 Å². The Morgan fingerprint density at radius 3 is 2.26 bits per heavy atom. The van der Waals surface area contributed by atoms with Crippen LogP contribution in [0.2, 0.25) is 0 Å². The minimum Gasteiger partial charge on any atom is -0.479 e. The van der Waals surface area contributed by atoms with Crippen LogP contribution in [0.5, 0.6) is 5.88 Å². The molecule has 2 N–H and O–H groups in total. The van der Waals surface area contributed by atoms with Crippen LogP contribution in [0, 0.1) is 0 Å². The first-order chi connectivity index (χ1) is 14.7. The van der Waals surface area contributed by atoms with Gasteiger partial charge in [-0.2, -0.15) is 0 Å². The monoisotopic (exact) mass is 425 g/mol. The van der Waals surface area contributed by atoms with Crippen molar-refractivity contribution < 1.29 is 29.1 Å². The number of carbonyl (C=O) groups excluding carboxylic acids is 1. The van der Waals surface area contributed by atoms with Crippen molar-refractivity contribution in [1.29, 1.82) is 0 Å². The Balaban J connectivity index is 1.94. The van der Waals surface area contributed by atoms with Crippen LogP contribution in [-0.2, 0) is 4.79 Å². The minimum absolute atomic E-state index is 0.0970. The number of rotatable bonds is 8. The molecule has 9 nitrogen and oxygen atoms in total. The average molecular weight is 425 g/mol. The lowest BCUT2D eigenvalue weighted by Gasteiger charge is -2.36. The fourth-order valence-electron chi connectivity index (χ4n) is 2.91. The van der Waals surface area contributed by atoms with Crippen LogP contribution in [0.3, 0.4) is 0 Å². The summed E-state index contributed by atoms with van der Waals surface area (Å²) in [6.45, 7) is 0.775. The summed E-state index contributed by atoms with van der Waals surface area (Å²) in [4.78, 5) is 24.4. The number of hydrogen-bond donors (Lipinski definition) is 2. The SMILES string of the molecule is COc1cc(C(=O)N(C)N(CC(C)(O)C(=O)O)c2ccc(-c3ccccc3)cc2)on1. The van der Waals surface area contributed by atoms with E-state index in [0.29, 0.717) is 5.69 Å². The number of hydrazine groups is 1. The van der Waals surface area contributed by atoms with Gasteiger partial charge in [0.2, 0.25) is 5.76 Å². The van der Waals surface area contributed by atoms with Crippen LogP contribution in [0.25, 0.3) is 11.1 Å². The smallest absolute Gasteiger partial charge is 0.337 e. The molecule has 0 saturated carbocycles. The summed E-state index contributed by atoms with van der Waals surface area (Å²) in [6, 6.07) is 18.2. The molecule has 2 aromatic carbocycles. The fourth-order valence-corrected chi connectivity index (χ4v) is 2.91. The van der Waals surface area contributed by atoms with Crippen LogP contribution < -0.4 is 9.75 Å². The number of aliphatic carboxylic acids is 1. The van der Waals surface area contributed by atoms with Crippen LogP contribution in [0.1, 0.15) is 17.5 Å². The van der Waals surface area contributed by atoms with Crippen molar-refractivity contribution in [2.75, 3.05) is 25.7 Å². The first-order valence-corrected chi connectivity index (χ1v) is 9.40. The summed E-state index contributed by atoms with van der Waals surface area (Å²) >= 11 is 0. The van der Waals surface area contributed by atoms with Crippen molar-refractivity contribution >= 4 is 17.6 Å². The van der Waals surface area contributed by atoms with E-state index in [-0.39, 0.29) is 18.2 Å². The van der Waals surface area contributed by atoms with Crippen molar-refractivity contribution in [1.82, 2.24) is 10.2 Å². The van der Waals surface area contributed by atoms with Gasteiger partial charge in [0.15, 0.2) is 5.60 Å².